The highest BCUT2D eigenvalue weighted by molar-refractivity contribution is 6.31. The van der Waals surface area contributed by atoms with Gasteiger partial charge >= 0.3 is 17.7 Å². The van der Waals surface area contributed by atoms with Gasteiger partial charge in [-0.2, -0.15) is 0 Å². The third kappa shape index (κ3) is 4.54. The summed E-state index contributed by atoms with van der Waals surface area (Å²) in [5, 5.41) is 12.9. The maximum atomic E-state index is 13.9. The van der Waals surface area contributed by atoms with Gasteiger partial charge in [0.1, 0.15) is 18.2 Å². The number of halogens is 2. The number of benzene rings is 1. The molecule has 0 radical (unpaired) electrons. The molecule has 1 unspecified atom stereocenters. The van der Waals surface area contributed by atoms with Crippen LogP contribution in [0.4, 0.5) is 14.6 Å². The van der Waals surface area contributed by atoms with E-state index in [2.05, 4.69) is 20.0 Å². The molecule has 32 heavy (non-hydrogen) atoms. The SMILES string of the molecule is COC(=O)CN=C1c2ccc(OC)[nH+]c2N(O)C(=O)C1C(=O)NCc1ccc(F)cc1F. The third-order valence-electron chi connectivity index (χ3n) is 4.67. The minimum Gasteiger partial charge on any atom is -0.468 e. The van der Waals surface area contributed by atoms with Crippen LogP contribution in [-0.2, 0) is 25.7 Å². The number of ether oxygens (including phenoxy) is 2. The Labute approximate surface area is 180 Å². The highest BCUT2D eigenvalue weighted by Gasteiger charge is 2.48. The number of esters is 1. The van der Waals surface area contributed by atoms with Gasteiger partial charge in [0.05, 0.1) is 25.5 Å². The molecule has 3 N–H and O–H groups in total. The Morgan fingerprint density at radius 1 is 1.25 bits per heavy atom. The van der Waals surface area contributed by atoms with Gasteiger partial charge in [0, 0.05) is 24.2 Å². The van der Waals surface area contributed by atoms with Gasteiger partial charge in [0.2, 0.25) is 5.91 Å². The summed E-state index contributed by atoms with van der Waals surface area (Å²) in [4.78, 5) is 44.0. The predicted molar refractivity (Wildman–Crippen MR) is 104 cm³/mol. The zero-order chi connectivity index (χ0) is 23.4. The summed E-state index contributed by atoms with van der Waals surface area (Å²) in [6.45, 7) is -0.849. The van der Waals surface area contributed by atoms with Gasteiger partial charge in [-0.3, -0.25) is 14.6 Å². The van der Waals surface area contributed by atoms with E-state index in [4.69, 9.17) is 4.74 Å². The first kappa shape index (κ1) is 22.7. The molecule has 168 valence electrons. The van der Waals surface area contributed by atoms with E-state index in [1.54, 1.807) is 0 Å². The number of carbonyl (C=O) groups is 3. The minimum absolute atomic E-state index is 0.0182. The summed E-state index contributed by atoms with van der Waals surface area (Å²) >= 11 is 0. The topological polar surface area (TPSA) is 132 Å². The number of hydrogen-bond donors (Lipinski definition) is 2. The normalized spacial score (nSPS) is 16.5. The lowest BCUT2D eigenvalue weighted by atomic mass is 9.91. The molecule has 0 saturated heterocycles. The lowest BCUT2D eigenvalue weighted by molar-refractivity contribution is -0.382. The van der Waals surface area contributed by atoms with E-state index in [0.29, 0.717) is 6.07 Å². The quantitative estimate of drug-likeness (QED) is 0.373. The fourth-order valence-corrected chi connectivity index (χ4v) is 3.04. The molecular formula is C20H19F2N4O6+. The first-order chi connectivity index (χ1) is 15.3. The number of aromatic amines is 1. The van der Waals surface area contributed by atoms with Crippen molar-refractivity contribution < 1.29 is 42.8 Å². The van der Waals surface area contributed by atoms with Crippen molar-refractivity contribution in [2.45, 2.75) is 6.54 Å². The molecule has 0 aliphatic carbocycles. The third-order valence-corrected chi connectivity index (χ3v) is 4.67. The van der Waals surface area contributed by atoms with Gasteiger partial charge in [-0.15, -0.1) is 0 Å². The monoisotopic (exact) mass is 449 g/mol. The molecular weight excluding hydrogens is 430 g/mol. The number of pyridine rings is 1. The number of H-pyrrole nitrogens is 1. The van der Waals surface area contributed by atoms with Gasteiger partial charge in [-0.05, 0) is 17.2 Å². The fourth-order valence-electron chi connectivity index (χ4n) is 3.04. The first-order valence-corrected chi connectivity index (χ1v) is 9.23. The van der Waals surface area contributed by atoms with Gasteiger partial charge in [-0.1, -0.05) is 6.07 Å². The van der Waals surface area contributed by atoms with Crippen molar-refractivity contribution in [2.24, 2.45) is 10.9 Å². The number of carbonyl (C=O) groups excluding carboxylic acids is 3. The standard InChI is InChI=1S/C20H18F2N4O6/c1-31-14-6-5-12-17(23-9-15(27)32-2)16(20(29)26(30)18(12)25-14)19(28)24-8-10-3-4-11(21)7-13(10)22/h3-7,16,30H,8-9H2,1-2H3,(H,24,28)/p+1. The summed E-state index contributed by atoms with van der Waals surface area (Å²) < 4.78 is 36.5. The molecule has 10 nitrogen and oxygen atoms in total. The zero-order valence-corrected chi connectivity index (χ0v) is 17.0. The molecule has 1 atom stereocenters. The van der Waals surface area contributed by atoms with Crippen LogP contribution in [0, 0.1) is 17.6 Å². The number of aliphatic imine (C=N–C) groups is 1. The summed E-state index contributed by atoms with van der Waals surface area (Å²) in [5.74, 6) is -5.92. The van der Waals surface area contributed by atoms with Crippen molar-refractivity contribution in [1.82, 2.24) is 5.32 Å². The highest BCUT2D eigenvalue weighted by atomic mass is 19.1. The number of hydrogen-bond acceptors (Lipinski definition) is 7. The molecule has 2 amide bonds. The lowest BCUT2D eigenvalue weighted by Gasteiger charge is -2.24. The van der Waals surface area contributed by atoms with Crippen LogP contribution in [-0.4, -0.2) is 49.5 Å². The van der Waals surface area contributed by atoms with Crippen LogP contribution < -0.4 is 20.1 Å². The Hall–Kier alpha value is -3.93. The first-order valence-electron chi connectivity index (χ1n) is 9.23. The molecule has 3 rings (SSSR count). The summed E-state index contributed by atoms with van der Waals surface area (Å²) in [7, 11) is 2.51. The zero-order valence-electron chi connectivity index (χ0n) is 17.0. The average Bonchev–Trinajstić information content (AvgIpc) is 2.79. The summed E-state index contributed by atoms with van der Waals surface area (Å²) in [5.41, 5.74) is 0.0250. The van der Waals surface area contributed by atoms with E-state index in [0.717, 1.165) is 19.2 Å². The smallest absolute Gasteiger partial charge is 0.358 e. The van der Waals surface area contributed by atoms with Gasteiger partial charge < -0.3 is 14.8 Å². The number of amides is 2. The van der Waals surface area contributed by atoms with Crippen molar-refractivity contribution >= 4 is 29.3 Å². The van der Waals surface area contributed by atoms with Crippen LogP contribution >= 0.6 is 0 Å². The molecule has 1 aromatic carbocycles. The minimum atomic E-state index is -1.65. The number of rotatable bonds is 6. The van der Waals surface area contributed by atoms with E-state index in [1.807, 2.05) is 0 Å². The summed E-state index contributed by atoms with van der Waals surface area (Å²) in [6.07, 6.45) is 0. The lowest BCUT2D eigenvalue weighted by Crippen LogP contribution is -2.52. The second kappa shape index (κ2) is 9.47. The highest BCUT2D eigenvalue weighted by Crippen LogP contribution is 2.28. The van der Waals surface area contributed by atoms with Crippen molar-refractivity contribution in [3.05, 3.63) is 53.1 Å². The molecule has 0 spiro atoms. The van der Waals surface area contributed by atoms with Crippen molar-refractivity contribution in [1.29, 1.82) is 0 Å². The average molecular weight is 449 g/mol. The van der Waals surface area contributed by atoms with Crippen molar-refractivity contribution in [3.63, 3.8) is 0 Å². The molecule has 1 aliphatic heterocycles. The Bertz CT molecular complexity index is 1110. The number of nitrogens with one attached hydrogen (secondary N) is 2. The molecule has 12 heteroatoms. The van der Waals surface area contributed by atoms with E-state index < -0.39 is 41.9 Å². The van der Waals surface area contributed by atoms with E-state index in [1.165, 1.54) is 19.2 Å². The Kier molecular flexibility index (Phi) is 6.73. The summed E-state index contributed by atoms with van der Waals surface area (Å²) in [6, 6.07) is 5.74. The van der Waals surface area contributed by atoms with Crippen molar-refractivity contribution in [2.75, 3.05) is 25.8 Å². The van der Waals surface area contributed by atoms with Crippen LogP contribution in [0.1, 0.15) is 11.1 Å². The Morgan fingerprint density at radius 2 is 2.00 bits per heavy atom. The van der Waals surface area contributed by atoms with Crippen LogP contribution in [0.5, 0.6) is 5.88 Å². The van der Waals surface area contributed by atoms with Gasteiger partial charge in [-0.25, -0.2) is 23.8 Å². The molecule has 2 aromatic rings. The van der Waals surface area contributed by atoms with Crippen LogP contribution in [0.15, 0.2) is 35.3 Å². The van der Waals surface area contributed by atoms with Gasteiger partial charge in [0.25, 0.3) is 5.88 Å². The number of aromatic nitrogens is 1. The number of methoxy groups -OCH3 is 2. The van der Waals surface area contributed by atoms with Crippen LogP contribution in [0.3, 0.4) is 0 Å². The number of hydroxylamine groups is 1. The maximum absolute atomic E-state index is 13.9. The van der Waals surface area contributed by atoms with E-state index in [-0.39, 0.29) is 40.1 Å². The second-order valence-corrected chi connectivity index (χ2v) is 6.60. The van der Waals surface area contributed by atoms with Crippen LogP contribution in [0.2, 0.25) is 0 Å². The largest absolute Gasteiger partial charge is 0.468 e. The second-order valence-electron chi connectivity index (χ2n) is 6.60. The van der Waals surface area contributed by atoms with E-state index >= 15 is 0 Å². The molecule has 0 saturated carbocycles. The molecule has 0 bridgehead atoms. The van der Waals surface area contributed by atoms with Crippen LogP contribution in [0.25, 0.3) is 0 Å². The molecule has 0 fully saturated rings. The molecule has 2 heterocycles. The van der Waals surface area contributed by atoms with Gasteiger partial charge in [0.15, 0.2) is 5.92 Å². The molecule has 1 aliphatic rings. The Morgan fingerprint density at radius 3 is 2.66 bits per heavy atom. The van der Waals surface area contributed by atoms with Crippen molar-refractivity contribution in [3.8, 4) is 5.88 Å². The fraction of sp³-hybridized carbons (Fsp3) is 0.250. The molecule has 1 aromatic heterocycles. The van der Waals surface area contributed by atoms with E-state index in [9.17, 15) is 28.4 Å². The number of anilines is 1. The maximum Gasteiger partial charge on any atom is 0.358 e. The Balaban J connectivity index is 1.96. The number of fused-ring (bicyclic) bond motifs is 1. The predicted octanol–water partition coefficient (Wildman–Crippen LogP) is 0.418. The number of nitrogens with zero attached hydrogens (tertiary/aromatic N) is 2.